The maximum atomic E-state index is 11.7. The number of nitrogens with one attached hydrogen (secondary N) is 2. The van der Waals surface area contributed by atoms with Crippen LogP contribution in [0, 0.1) is 6.92 Å². The molecule has 2 aliphatic heterocycles. The predicted molar refractivity (Wildman–Crippen MR) is 125 cm³/mol. The molecule has 0 aliphatic carbocycles. The molecule has 0 spiro atoms. The van der Waals surface area contributed by atoms with E-state index < -0.39 is 6.10 Å². The number of rotatable bonds is 6. The lowest BCUT2D eigenvalue weighted by molar-refractivity contribution is -0.116. The molecule has 1 amide bonds. The minimum atomic E-state index is -0.402. The van der Waals surface area contributed by atoms with E-state index in [0.717, 1.165) is 44.0 Å². The van der Waals surface area contributed by atoms with E-state index in [-0.39, 0.29) is 18.3 Å². The van der Waals surface area contributed by atoms with E-state index >= 15 is 0 Å². The van der Waals surface area contributed by atoms with Crippen LogP contribution < -0.4 is 15.5 Å². The number of anilines is 3. The largest absolute Gasteiger partial charge is 0.390 e. The number of hydrogen-bond acceptors (Lipinski definition) is 5. The molecule has 2 heterocycles. The van der Waals surface area contributed by atoms with Crippen molar-refractivity contribution < 1.29 is 9.90 Å². The average Bonchev–Trinajstić information content (AvgIpc) is 2.73. The molecular formula is C23H31ClN4O2. The number of aryl methyl sites for hydroxylation is 1. The van der Waals surface area contributed by atoms with Crippen molar-refractivity contribution in [1.29, 1.82) is 0 Å². The van der Waals surface area contributed by atoms with Crippen LogP contribution in [0.3, 0.4) is 0 Å². The highest BCUT2D eigenvalue weighted by molar-refractivity contribution is 5.95. The van der Waals surface area contributed by atoms with E-state index in [9.17, 15) is 9.90 Å². The van der Waals surface area contributed by atoms with E-state index in [4.69, 9.17) is 0 Å². The summed E-state index contributed by atoms with van der Waals surface area (Å²) in [5.41, 5.74) is 5.72. The molecule has 4 rings (SSSR count). The van der Waals surface area contributed by atoms with Gasteiger partial charge in [0, 0.05) is 62.8 Å². The molecule has 0 bridgehead atoms. The quantitative estimate of drug-likeness (QED) is 0.657. The van der Waals surface area contributed by atoms with Gasteiger partial charge in [0.05, 0.1) is 6.10 Å². The van der Waals surface area contributed by atoms with Crippen molar-refractivity contribution in [3.05, 3.63) is 53.6 Å². The van der Waals surface area contributed by atoms with Gasteiger partial charge in [0.15, 0.2) is 0 Å². The first-order chi connectivity index (χ1) is 14.1. The molecule has 3 N–H and O–H groups in total. The lowest BCUT2D eigenvalue weighted by Gasteiger charge is -2.38. The van der Waals surface area contributed by atoms with Crippen LogP contribution in [-0.2, 0) is 11.2 Å². The minimum absolute atomic E-state index is 0. The number of aliphatic hydroxyl groups is 1. The van der Waals surface area contributed by atoms with Gasteiger partial charge in [0.1, 0.15) is 0 Å². The highest BCUT2D eigenvalue weighted by atomic mass is 35.5. The Morgan fingerprint density at radius 1 is 1.07 bits per heavy atom. The second-order valence-corrected chi connectivity index (χ2v) is 7.99. The van der Waals surface area contributed by atoms with E-state index in [0.29, 0.717) is 19.5 Å². The van der Waals surface area contributed by atoms with E-state index in [2.05, 4.69) is 39.5 Å². The molecule has 2 aliphatic rings. The number of para-hydroxylation sites is 1. The molecule has 1 fully saturated rings. The summed E-state index contributed by atoms with van der Waals surface area (Å²) in [5.74, 6) is 0.104. The summed E-state index contributed by atoms with van der Waals surface area (Å²) in [6, 6.07) is 14.3. The number of nitrogens with zero attached hydrogens (tertiary/aromatic N) is 2. The predicted octanol–water partition coefficient (Wildman–Crippen LogP) is 2.90. The monoisotopic (exact) mass is 430 g/mol. The van der Waals surface area contributed by atoms with Gasteiger partial charge in [0.25, 0.3) is 0 Å². The van der Waals surface area contributed by atoms with Crippen LogP contribution in [0.15, 0.2) is 42.5 Å². The Morgan fingerprint density at radius 2 is 1.83 bits per heavy atom. The van der Waals surface area contributed by atoms with Gasteiger partial charge in [-0.3, -0.25) is 9.69 Å². The fraction of sp³-hybridized carbons (Fsp3) is 0.435. The van der Waals surface area contributed by atoms with Crippen LogP contribution in [0.5, 0.6) is 0 Å². The number of carbonyl (C=O) groups is 1. The third-order valence-corrected chi connectivity index (χ3v) is 5.88. The minimum Gasteiger partial charge on any atom is -0.390 e. The number of fused-ring (bicyclic) bond motifs is 1. The van der Waals surface area contributed by atoms with E-state index in [1.165, 1.54) is 16.8 Å². The van der Waals surface area contributed by atoms with Crippen LogP contribution in [0.25, 0.3) is 0 Å². The van der Waals surface area contributed by atoms with Gasteiger partial charge in [0.2, 0.25) is 5.91 Å². The molecule has 1 saturated heterocycles. The topological polar surface area (TPSA) is 67.8 Å². The molecule has 0 saturated carbocycles. The van der Waals surface area contributed by atoms with Gasteiger partial charge in [-0.25, -0.2) is 0 Å². The van der Waals surface area contributed by atoms with Crippen molar-refractivity contribution in [3.8, 4) is 0 Å². The molecule has 1 atom stereocenters. The van der Waals surface area contributed by atoms with Crippen molar-refractivity contribution >= 4 is 35.4 Å². The zero-order valence-electron chi connectivity index (χ0n) is 17.4. The Hall–Kier alpha value is -2.28. The van der Waals surface area contributed by atoms with E-state index in [1.807, 2.05) is 30.3 Å². The van der Waals surface area contributed by atoms with Gasteiger partial charge in [-0.1, -0.05) is 24.3 Å². The first-order valence-electron chi connectivity index (χ1n) is 10.5. The Bertz CT molecular complexity index is 868. The summed E-state index contributed by atoms with van der Waals surface area (Å²) in [7, 11) is 0. The Kier molecular flexibility index (Phi) is 7.58. The third kappa shape index (κ3) is 5.25. The molecule has 0 radical (unpaired) electrons. The highest BCUT2D eigenvalue weighted by Crippen LogP contribution is 2.32. The fourth-order valence-electron chi connectivity index (χ4n) is 4.23. The zero-order chi connectivity index (χ0) is 20.2. The van der Waals surface area contributed by atoms with Crippen molar-refractivity contribution in [1.82, 2.24) is 4.90 Å². The van der Waals surface area contributed by atoms with Crippen LogP contribution >= 0.6 is 12.4 Å². The number of amides is 1. The third-order valence-electron chi connectivity index (χ3n) is 5.88. The molecule has 7 heteroatoms. The number of carbonyl (C=O) groups excluding carboxylic acids is 1. The maximum absolute atomic E-state index is 11.7. The fourth-order valence-corrected chi connectivity index (χ4v) is 4.23. The highest BCUT2D eigenvalue weighted by Gasteiger charge is 2.24. The summed E-state index contributed by atoms with van der Waals surface area (Å²) in [4.78, 5) is 16.4. The SMILES string of the molecule is Cc1ccccc1NCC(O)CN1CCN(c2cccc3c2CCC(=O)N3)CC1.Cl. The van der Waals surface area contributed by atoms with Crippen LogP contribution in [-0.4, -0.2) is 61.3 Å². The van der Waals surface area contributed by atoms with Crippen molar-refractivity contribution in [2.45, 2.75) is 25.9 Å². The summed E-state index contributed by atoms with van der Waals surface area (Å²) in [5, 5.41) is 16.8. The number of aliphatic hydroxyl groups excluding tert-OH is 1. The molecule has 0 aromatic heterocycles. The Labute approximate surface area is 184 Å². The van der Waals surface area contributed by atoms with Crippen LogP contribution in [0.2, 0.25) is 0 Å². The number of halogens is 1. The smallest absolute Gasteiger partial charge is 0.224 e. The molecule has 30 heavy (non-hydrogen) atoms. The molecule has 162 valence electrons. The van der Waals surface area contributed by atoms with Crippen molar-refractivity contribution in [2.75, 3.05) is 54.8 Å². The normalized spacial score (nSPS) is 17.5. The molecule has 2 aromatic rings. The number of benzene rings is 2. The second kappa shape index (κ2) is 10.2. The summed E-state index contributed by atoms with van der Waals surface area (Å²) < 4.78 is 0. The Morgan fingerprint density at radius 3 is 2.60 bits per heavy atom. The van der Waals surface area contributed by atoms with Gasteiger partial charge < -0.3 is 20.6 Å². The number of β-amino-alcohol motifs (C(OH)–C–C–N with tert-alkyl or cyclic N) is 1. The maximum Gasteiger partial charge on any atom is 0.224 e. The Balaban J connectivity index is 0.00000256. The first kappa shape index (κ1) is 22.4. The molecular weight excluding hydrogens is 400 g/mol. The van der Waals surface area contributed by atoms with Crippen molar-refractivity contribution in [2.24, 2.45) is 0 Å². The van der Waals surface area contributed by atoms with Gasteiger partial charge >= 0.3 is 0 Å². The molecule has 1 unspecified atom stereocenters. The van der Waals surface area contributed by atoms with E-state index in [1.54, 1.807) is 0 Å². The van der Waals surface area contributed by atoms with Gasteiger partial charge in [-0.15, -0.1) is 12.4 Å². The van der Waals surface area contributed by atoms with Crippen LogP contribution in [0.1, 0.15) is 17.5 Å². The molecule has 2 aromatic carbocycles. The first-order valence-corrected chi connectivity index (χ1v) is 10.5. The summed E-state index contributed by atoms with van der Waals surface area (Å²) in [6.07, 6.45) is 0.964. The second-order valence-electron chi connectivity index (χ2n) is 7.99. The number of hydrogen-bond donors (Lipinski definition) is 3. The van der Waals surface area contributed by atoms with Gasteiger partial charge in [-0.05, 0) is 42.7 Å². The average molecular weight is 431 g/mol. The standard InChI is InChI=1S/C23H30N4O2.ClH/c1-17-5-2-3-6-20(17)24-15-18(28)16-26-11-13-27(14-12-26)22-8-4-7-21-19(22)9-10-23(29)25-21;/h2-8,18,24,28H,9-16H2,1H3,(H,25,29);1H. The van der Waals surface area contributed by atoms with Crippen LogP contribution in [0.4, 0.5) is 17.1 Å². The zero-order valence-corrected chi connectivity index (χ0v) is 18.3. The summed E-state index contributed by atoms with van der Waals surface area (Å²) >= 11 is 0. The summed E-state index contributed by atoms with van der Waals surface area (Å²) in [6.45, 7) is 7.02. The van der Waals surface area contributed by atoms with Crippen molar-refractivity contribution in [3.63, 3.8) is 0 Å². The lowest BCUT2D eigenvalue weighted by Crippen LogP contribution is -2.49. The lowest BCUT2D eigenvalue weighted by atomic mass is 10.00. The van der Waals surface area contributed by atoms with Gasteiger partial charge in [-0.2, -0.15) is 0 Å². The number of piperazine rings is 1. The molecule has 6 nitrogen and oxygen atoms in total.